The minimum Gasteiger partial charge on any atom is -0.366 e. The largest absolute Gasteiger partial charge is 0.366 e. The summed E-state index contributed by atoms with van der Waals surface area (Å²) in [6, 6.07) is 10.6. The van der Waals surface area contributed by atoms with Crippen LogP contribution >= 0.6 is 0 Å². The maximum Gasteiger partial charge on any atom is 0.241 e. The average Bonchev–Trinajstić information content (AvgIpc) is 2.47. The first-order valence-electron chi connectivity index (χ1n) is 7.47. The molecule has 0 bridgehead atoms. The highest BCUT2D eigenvalue weighted by Crippen LogP contribution is 2.19. The van der Waals surface area contributed by atoms with Gasteiger partial charge in [-0.25, -0.2) is 0 Å². The van der Waals surface area contributed by atoms with Gasteiger partial charge in [0.25, 0.3) is 0 Å². The van der Waals surface area contributed by atoms with Crippen LogP contribution in [0.2, 0.25) is 0 Å². The molecule has 1 aliphatic heterocycles. The van der Waals surface area contributed by atoms with Crippen molar-refractivity contribution in [3.63, 3.8) is 0 Å². The summed E-state index contributed by atoms with van der Waals surface area (Å²) in [5.74, 6) is -0.384. The van der Waals surface area contributed by atoms with Crippen molar-refractivity contribution in [3.05, 3.63) is 48.0 Å². The molecule has 2 rings (SSSR count). The molecule has 1 aromatic rings. The number of amides is 1. The Hall–Kier alpha value is -1.65. The predicted molar refractivity (Wildman–Crippen MR) is 85.7 cm³/mol. The minimum atomic E-state index is -0.384. The van der Waals surface area contributed by atoms with Gasteiger partial charge in [-0.05, 0) is 19.4 Å². The topological polar surface area (TPSA) is 49.6 Å². The fourth-order valence-corrected chi connectivity index (χ4v) is 2.72. The quantitative estimate of drug-likeness (QED) is 0.837. The standard InChI is InChI=1S/C17H25N3O/c1-17(2,9-8-16(18)21)20-12-10-19(11-13-20)14-15-6-4-3-5-7-15/h3-9H,10-14H2,1-2H3,(H2,18,21)/b9-8+. The SMILES string of the molecule is CC(C)(/C=C/C(N)=O)N1CCN(Cc2ccccc2)CC1. The van der Waals surface area contributed by atoms with Crippen LogP contribution in [0.4, 0.5) is 0 Å². The molecular formula is C17H25N3O. The average molecular weight is 287 g/mol. The third-order valence-electron chi connectivity index (χ3n) is 4.09. The second kappa shape index (κ2) is 6.87. The van der Waals surface area contributed by atoms with E-state index in [0.29, 0.717) is 0 Å². The van der Waals surface area contributed by atoms with Gasteiger partial charge < -0.3 is 5.73 Å². The molecule has 1 amide bonds. The Kier molecular flexibility index (Phi) is 5.15. The van der Waals surface area contributed by atoms with Crippen molar-refractivity contribution in [1.82, 2.24) is 9.80 Å². The van der Waals surface area contributed by atoms with Gasteiger partial charge in [-0.2, -0.15) is 0 Å². The van der Waals surface area contributed by atoms with Crippen molar-refractivity contribution in [3.8, 4) is 0 Å². The molecule has 0 saturated carbocycles. The van der Waals surface area contributed by atoms with Gasteiger partial charge in [-0.1, -0.05) is 36.4 Å². The van der Waals surface area contributed by atoms with Crippen molar-refractivity contribution in [2.45, 2.75) is 25.9 Å². The summed E-state index contributed by atoms with van der Waals surface area (Å²) in [6.07, 6.45) is 3.37. The second-order valence-electron chi connectivity index (χ2n) is 6.14. The molecule has 1 aromatic carbocycles. The summed E-state index contributed by atoms with van der Waals surface area (Å²) in [5.41, 5.74) is 6.41. The Morgan fingerprint density at radius 1 is 1.19 bits per heavy atom. The van der Waals surface area contributed by atoms with E-state index in [9.17, 15) is 4.79 Å². The van der Waals surface area contributed by atoms with Crippen molar-refractivity contribution in [2.75, 3.05) is 26.2 Å². The third-order valence-corrected chi connectivity index (χ3v) is 4.09. The number of primary amides is 1. The summed E-state index contributed by atoms with van der Waals surface area (Å²) in [4.78, 5) is 15.8. The number of hydrogen-bond donors (Lipinski definition) is 1. The summed E-state index contributed by atoms with van der Waals surface area (Å²) in [6.45, 7) is 9.35. The zero-order valence-electron chi connectivity index (χ0n) is 13.0. The van der Waals surface area contributed by atoms with Crippen molar-refractivity contribution in [2.24, 2.45) is 5.73 Å². The van der Waals surface area contributed by atoms with E-state index in [0.717, 1.165) is 32.7 Å². The molecule has 114 valence electrons. The van der Waals surface area contributed by atoms with Gasteiger partial charge in [-0.15, -0.1) is 0 Å². The molecule has 0 aromatic heterocycles. The summed E-state index contributed by atoms with van der Waals surface area (Å²) >= 11 is 0. The highest BCUT2D eigenvalue weighted by Gasteiger charge is 2.27. The number of benzene rings is 1. The summed E-state index contributed by atoms with van der Waals surface area (Å²) in [5, 5.41) is 0. The van der Waals surface area contributed by atoms with Gasteiger partial charge >= 0.3 is 0 Å². The number of hydrogen-bond acceptors (Lipinski definition) is 3. The number of nitrogens with zero attached hydrogens (tertiary/aromatic N) is 2. The van der Waals surface area contributed by atoms with Crippen LogP contribution in [0.15, 0.2) is 42.5 Å². The predicted octanol–water partition coefficient (Wildman–Crippen LogP) is 1.62. The number of nitrogens with two attached hydrogens (primary N) is 1. The zero-order chi connectivity index (χ0) is 15.3. The highest BCUT2D eigenvalue weighted by atomic mass is 16.1. The van der Waals surface area contributed by atoms with Crippen LogP contribution in [-0.4, -0.2) is 47.4 Å². The molecule has 0 radical (unpaired) electrons. The van der Waals surface area contributed by atoms with Crippen molar-refractivity contribution >= 4 is 5.91 Å². The lowest BCUT2D eigenvalue weighted by Gasteiger charge is -2.42. The Morgan fingerprint density at radius 3 is 2.38 bits per heavy atom. The van der Waals surface area contributed by atoms with Crippen LogP contribution < -0.4 is 5.73 Å². The molecule has 0 spiro atoms. The van der Waals surface area contributed by atoms with E-state index in [1.165, 1.54) is 11.6 Å². The van der Waals surface area contributed by atoms with Gasteiger partial charge in [0.2, 0.25) is 5.91 Å². The van der Waals surface area contributed by atoms with Crippen LogP contribution in [0.25, 0.3) is 0 Å². The number of rotatable bonds is 5. The third kappa shape index (κ3) is 4.69. The molecule has 0 unspecified atom stereocenters. The smallest absolute Gasteiger partial charge is 0.241 e. The van der Waals surface area contributed by atoms with E-state index in [4.69, 9.17) is 5.73 Å². The van der Waals surface area contributed by atoms with Crippen LogP contribution in [0.1, 0.15) is 19.4 Å². The fourth-order valence-electron chi connectivity index (χ4n) is 2.72. The molecule has 4 heteroatoms. The number of carbonyl (C=O) groups is 1. The van der Waals surface area contributed by atoms with Crippen molar-refractivity contribution < 1.29 is 4.79 Å². The molecule has 1 saturated heterocycles. The zero-order valence-corrected chi connectivity index (χ0v) is 13.0. The summed E-state index contributed by atoms with van der Waals surface area (Å²) < 4.78 is 0. The van der Waals surface area contributed by atoms with Gasteiger partial charge in [-0.3, -0.25) is 14.6 Å². The fraction of sp³-hybridized carbons (Fsp3) is 0.471. The number of piperazine rings is 1. The maximum atomic E-state index is 10.9. The van der Waals surface area contributed by atoms with Crippen molar-refractivity contribution in [1.29, 1.82) is 0 Å². The first kappa shape index (κ1) is 15.7. The van der Waals surface area contributed by atoms with Gasteiger partial charge in [0.1, 0.15) is 0 Å². The minimum absolute atomic E-state index is 0.131. The van der Waals surface area contributed by atoms with Crippen LogP contribution in [0.3, 0.4) is 0 Å². The van der Waals surface area contributed by atoms with Gasteiger partial charge in [0.15, 0.2) is 0 Å². The molecular weight excluding hydrogens is 262 g/mol. The van der Waals surface area contributed by atoms with Gasteiger partial charge in [0, 0.05) is 44.3 Å². The monoisotopic (exact) mass is 287 g/mol. The molecule has 4 nitrogen and oxygen atoms in total. The lowest BCUT2D eigenvalue weighted by Crippen LogP contribution is -2.53. The van der Waals surface area contributed by atoms with Crippen LogP contribution in [0.5, 0.6) is 0 Å². The molecule has 0 atom stereocenters. The molecule has 1 fully saturated rings. The summed E-state index contributed by atoms with van der Waals surface area (Å²) in [7, 11) is 0. The lowest BCUT2D eigenvalue weighted by molar-refractivity contribution is -0.113. The molecule has 1 heterocycles. The Bertz CT molecular complexity index is 488. The Morgan fingerprint density at radius 2 is 1.81 bits per heavy atom. The lowest BCUT2D eigenvalue weighted by atomic mass is 10.0. The molecule has 21 heavy (non-hydrogen) atoms. The van der Waals surface area contributed by atoms with E-state index < -0.39 is 0 Å². The molecule has 1 aliphatic rings. The Labute approximate surface area is 127 Å². The molecule has 2 N–H and O–H groups in total. The Balaban J connectivity index is 1.86. The second-order valence-corrected chi connectivity index (χ2v) is 6.14. The van der Waals surface area contributed by atoms with Gasteiger partial charge in [0.05, 0.1) is 0 Å². The van der Waals surface area contributed by atoms with E-state index >= 15 is 0 Å². The van der Waals surface area contributed by atoms with E-state index in [-0.39, 0.29) is 11.4 Å². The first-order chi connectivity index (χ1) is 9.97. The van der Waals surface area contributed by atoms with E-state index in [1.54, 1.807) is 0 Å². The first-order valence-corrected chi connectivity index (χ1v) is 7.47. The maximum absolute atomic E-state index is 10.9. The van der Waals surface area contributed by atoms with Crippen LogP contribution in [-0.2, 0) is 11.3 Å². The van der Waals surface area contributed by atoms with E-state index in [2.05, 4.69) is 54.0 Å². The van der Waals surface area contributed by atoms with E-state index in [1.807, 2.05) is 6.08 Å². The number of carbonyl (C=O) groups excluding carboxylic acids is 1. The normalized spacial score (nSPS) is 18.2. The highest BCUT2D eigenvalue weighted by molar-refractivity contribution is 5.85. The van der Waals surface area contributed by atoms with Crippen LogP contribution in [0, 0.1) is 0 Å². The molecule has 0 aliphatic carbocycles.